The van der Waals surface area contributed by atoms with Crippen molar-refractivity contribution >= 4 is 11.4 Å². The molecule has 2 rings (SSSR count). The summed E-state index contributed by atoms with van der Waals surface area (Å²) in [5.74, 6) is 0.531. The standard InChI is InChI=1S/C14H21N3O3/c1-2-20-14-9-12(8-13(10-14)17(18)19)16-7-5-11-4-3-6-15-11/h8-11,15-16H,2-7H2,1H3/t11-/m1/s1. The Bertz CT molecular complexity index is 459. The molecule has 0 saturated carbocycles. The van der Waals surface area contributed by atoms with E-state index in [-0.39, 0.29) is 5.69 Å². The number of benzene rings is 1. The number of hydrogen-bond acceptors (Lipinski definition) is 5. The number of nitro benzene ring substituents is 1. The van der Waals surface area contributed by atoms with Crippen molar-refractivity contribution in [3.8, 4) is 5.75 Å². The van der Waals surface area contributed by atoms with Crippen LogP contribution in [0, 0.1) is 10.1 Å². The van der Waals surface area contributed by atoms with Crippen molar-refractivity contribution in [2.45, 2.75) is 32.2 Å². The van der Waals surface area contributed by atoms with Gasteiger partial charge < -0.3 is 15.4 Å². The molecule has 1 aliphatic heterocycles. The third-order valence-corrected chi connectivity index (χ3v) is 3.40. The molecule has 1 saturated heterocycles. The quantitative estimate of drug-likeness (QED) is 0.592. The molecular formula is C14H21N3O3. The molecule has 0 aliphatic carbocycles. The van der Waals surface area contributed by atoms with E-state index in [1.165, 1.54) is 18.9 Å². The summed E-state index contributed by atoms with van der Waals surface area (Å²) >= 11 is 0. The van der Waals surface area contributed by atoms with Crippen LogP contribution in [0.4, 0.5) is 11.4 Å². The van der Waals surface area contributed by atoms with Crippen molar-refractivity contribution in [1.29, 1.82) is 0 Å². The van der Waals surface area contributed by atoms with E-state index in [9.17, 15) is 10.1 Å². The molecule has 20 heavy (non-hydrogen) atoms. The SMILES string of the molecule is CCOc1cc(NCC[C@H]2CCCN2)cc([N+](=O)[O-])c1. The normalized spacial score (nSPS) is 17.9. The van der Waals surface area contributed by atoms with Crippen LogP contribution in [0.3, 0.4) is 0 Å². The van der Waals surface area contributed by atoms with Crippen molar-refractivity contribution in [1.82, 2.24) is 5.32 Å². The summed E-state index contributed by atoms with van der Waals surface area (Å²) in [4.78, 5) is 10.5. The molecule has 1 atom stereocenters. The Balaban J connectivity index is 1.96. The average Bonchev–Trinajstić information content (AvgIpc) is 2.92. The molecule has 1 aromatic carbocycles. The number of ether oxygens (including phenoxy) is 1. The van der Waals surface area contributed by atoms with Crippen LogP contribution in [0.2, 0.25) is 0 Å². The monoisotopic (exact) mass is 279 g/mol. The molecule has 0 aromatic heterocycles. The minimum Gasteiger partial charge on any atom is -0.494 e. The van der Waals surface area contributed by atoms with E-state index < -0.39 is 4.92 Å². The highest BCUT2D eigenvalue weighted by Gasteiger charge is 2.14. The van der Waals surface area contributed by atoms with Crippen LogP contribution in [-0.2, 0) is 0 Å². The highest BCUT2D eigenvalue weighted by Crippen LogP contribution is 2.26. The van der Waals surface area contributed by atoms with Crippen LogP contribution in [0.15, 0.2) is 18.2 Å². The predicted octanol–water partition coefficient (Wildman–Crippen LogP) is 2.55. The van der Waals surface area contributed by atoms with Crippen molar-refractivity contribution in [3.63, 3.8) is 0 Å². The van der Waals surface area contributed by atoms with Gasteiger partial charge in [0.05, 0.1) is 17.6 Å². The fourth-order valence-corrected chi connectivity index (χ4v) is 2.43. The molecule has 0 spiro atoms. The Morgan fingerprint density at radius 1 is 1.50 bits per heavy atom. The van der Waals surface area contributed by atoms with Crippen LogP contribution < -0.4 is 15.4 Å². The van der Waals surface area contributed by atoms with Crippen LogP contribution in [0.5, 0.6) is 5.75 Å². The number of nitro groups is 1. The second kappa shape index (κ2) is 7.09. The summed E-state index contributed by atoms with van der Waals surface area (Å²) in [5, 5.41) is 17.6. The number of non-ortho nitro benzene ring substituents is 1. The third-order valence-electron chi connectivity index (χ3n) is 3.40. The highest BCUT2D eigenvalue weighted by molar-refractivity contribution is 5.56. The van der Waals surface area contributed by atoms with Gasteiger partial charge in [-0.3, -0.25) is 10.1 Å². The minimum absolute atomic E-state index is 0.0532. The highest BCUT2D eigenvalue weighted by atomic mass is 16.6. The lowest BCUT2D eigenvalue weighted by Gasteiger charge is -2.12. The lowest BCUT2D eigenvalue weighted by Crippen LogP contribution is -2.24. The molecule has 6 heteroatoms. The van der Waals surface area contributed by atoms with Gasteiger partial charge in [-0.1, -0.05) is 0 Å². The Labute approximate surface area is 118 Å². The summed E-state index contributed by atoms with van der Waals surface area (Å²) < 4.78 is 5.36. The third kappa shape index (κ3) is 4.09. The van der Waals surface area contributed by atoms with Crippen molar-refractivity contribution in [2.24, 2.45) is 0 Å². The van der Waals surface area contributed by atoms with Gasteiger partial charge in [0.2, 0.25) is 0 Å². The van der Waals surface area contributed by atoms with Crippen LogP contribution >= 0.6 is 0 Å². The summed E-state index contributed by atoms with van der Waals surface area (Å²) in [6.45, 7) is 4.24. The molecule has 0 radical (unpaired) electrons. The zero-order valence-electron chi connectivity index (χ0n) is 11.7. The summed E-state index contributed by atoms with van der Waals surface area (Å²) in [6, 6.07) is 5.36. The molecule has 1 fully saturated rings. The van der Waals surface area contributed by atoms with Gasteiger partial charge in [0.15, 0.2) is 0 Å². The van der Waals surface area contributed by atoms with Gasteiger partial charge in [0.1, 0.15) is 5.75 Å². The van der Waals surface area contributed by atoms with Crippen molar-refractivity contribution in [3.05, 3.63) is 28.3 Å². The number of nitrogens with zero attached hydrogens (tertiary/aromatic N) is 1. The van der Waals surface area contributed by atoms with Gasteiger partial charge in [0.25, 0.3) is 5.69 Å². The van der Waals surface area contributed by atoms with E-state index in [1.807, 2.05) is 6.92 Å². The lowest BCUT2D eigenvalue weighted by molar-refractivity contribution is -0.384. The molecule has 1 aliphatic rings. The fourth-order valence-electron chi connectivity index (χ4n) is 2.43. The Morgan fingerprint density at radius 3 is 3.00 bits per heavy atom. The van der Waals surface area contributed by atoms with Crippen LogP contribution in [0.25, 0.3) is 0 Å². The number of nitrogens with one attached hydrogen (secondary N) is 2. The molecule has 0 amide bonds. The van der Waals surface area contributed by atoms with Crippen LogP contribution in [0.1, 0.15) is 26.2 Å². The minimum atomic E-state index is -0.397. The zero-order valence-corrected chi connectivity index (χ0v) is 11.7. The Kier molecular flexibility index (Phi) is 5.17. The second-order valence-corrected chi connectivity index (χ2v) is 4.91. The molecule has 2 N–H and O–H groups in total. The molecule has 1 heterocycles. The van der Waals surface area contributed by atoms with E-state index in [0.717, 1.165) is 25.2 Å². The molecule has 0 bridgehead atoms. The molecular weight excluding hydrogens is 258 g/mol. The van der Waals surface area contributed by atoms with E-state index in [1.54, 1.807) is 12.1 Å². The van der Waals surface area contributed by atoms with Gasteiger partial charge in [-0.2, -0.15) is 0 Å². The van der Waals surface area contributed by atoms with Crippen LogP contribution in [-0.4, -0.2) is 30.7 Å². The maximum absolute atomic E-state index is 10.9. The van der Waals surface area contributed by atoms with Gasteiger partial charge in [-0.15, -0.1) is 0 Å². The maximum Gasteiger partial charge on any atom is 0.275 e. The summed E-state index contributed by atoms with van der Waals surface area (Å²) in [5.41, 5.74) is 0.790. The number of anilines is 1. The maximum atomic E-state index is 10.9. The molecule has 6 nitrogen and oxygen atoms in total. The smallest absolute Gasteiger partial charge is 0.275 e. The zero-order chi connectivity index (χ0) is 14.4. The van der Waals surface area contributed by atoms with E-state index >= 15 is 0 Å². The van der Waals surface area contributed by atoms with Gasteiger partial charge in [-0.25, -0.2) is 0 Å². The first kappa shape index (κ1) is 14.6. The van der Waals surface area contributed by atoms with Crippen molar-refractivity contribution < 1.29 is 9.66 Å². The molecule has 0 unspecified atom stereocenters. The number of rotatable bonds is 7. The van der Waals surface area contributed by atoms with E-state index in [0.29, 0.717) is 18.4 Å². The van der Waals surface area contributed by atoms with Crippen molar-refractivity contribution in [2.75, 3.05) is 25.0 Å². The first-order valence-corrected chi connectivity index (χ1v) is 7.08. The van der Waals surface area contributed by atoms with Gasteiger partial charge in [0, 0.05) is 30.4 Å². The van der Waals surface area contributed by atoms with E-state index in [2.05, 4.69) is 10.6 Å². The largest absolute Gasteiger partial charge is 0.494 e. The molecule has 1 aromatic rings. The lowest BCUT2D eigenvalue weighted by atomic mass is 10.1. The van der Waals surface area contributed by atoms with Gasteiger partial charge in [-0.05, 0) is 32.7 Å². The fraction of sp³-hybridized carbons (Fsp3) is 0.571. The second-order valence-electron chi connectivity index (χ2n) is 4.91. The first-order chi connectivity index (χ1) is 9.69. The summed E-state index contributed by atoms with van der Waals surface area (Å²) in [7, 11) is 0. The Morgan fingerprint density at radius 2 is 2.35 bits per heavy atom. The predicted molar refractivity (Wildman–Crippen MR) is 78.4 cm³/mol. The Hall–Kier alpha value is -1.82. The first-order valence-electron chi connectivity index (χ1n) is 7.08. The van der Waals surface area contributed by atoms with Gasteiger partial charge >= 0.3 is 0 Å². The average molecular weight is 279 g/mol. The number of hydrogen-bond donors (Lipinski definition) is 2. The topological polar surface area (TPSA) is 76.4 Å². The van der Waals surface area contributed by atoms with E-state index in [4.69, 9.17) is 4.74 Å². The molecule has 110 valence electrons. The summed E-state index contributed by atoms with van der Waals surface area (Å²) in [6.07, 6.45) is 3.46.